The molecule has 4 aliphatic heterocycles. The molecule has 4 fully saturated rings. The van der Waals surface area contributed by atoms with Gasteiger partial charge in [-0.2, -0.15) is 5.10 Å². The summed E-state index contributed by atoms with van der Waals surface area (Å²) in [6.45, 7) is 12.2. The van der Waals surface area contributed by atoms with Gasteiger partial charge < -0.3 is 28.5 Å². The Kier molecular flexibility index (Phi) is 10.3. The van der Waals surface area contributed by atoms with Crippen LogP contribution in [0.15, 0.2) is 11.2 Å². The molecule has 0 saturated carbocycles. The Morgan fingerprint density at radius 2 is 1.05 bits per heavy atom. The summed E-state index contributed by atoms with van der Waals surface area (Å²) in [7, 11) is 6.05. The third kappa shape index (κ3) is 6.12. The number of nitrogens with zero attached hydrogens (tertiary/aromatic N) is 7. The third-order valence-electron chi connectivity index (χ3n) is 7.74. The number of morpholine rings is 4. The van der Waals surface area contributed by atoms with Crippen LogP contribution in [-0.2, 0) is 49.6 Å². The van der Waals surface area contributed by atoms with Crippen molar-refractivity contribution in [2.45, 2.75) is 0 Å². The van der Waals surface area contributed by atoms with Crippen molar-refractivity contribution in [3.8, 4) is 0 Å². The number of ether oxygens (including phenoxy) is 4. The van der Waals surface area contributed by atoms with Crippen LogP contribution < -0.4 is 10.7 Å². The number of hydrogen-bond acceptors (Lipinski definition) is 8. The van der Waals surface area contributed by atoms with Crippen molar-refractivity contribution in [3.05, 3.63) is 11.8 Å². The third-order valence-corrected chi connectivity index (χ3v) is 18.3. The SMILES string of the molecule is CN(C)N=Cc1c(P(=S)(N2CCOCC2)N2CCOCC2)cc(P(=S)(N2CCOCC2)N2CCOCC2)n1C. The van der Waals surface area contributed by atoms with Crippen LogP contribution in [-0.4, -0.2) is 154 Å². The number of hydrogen-bond donors (Lipinski definition) is 0. The minimum Gasteiger partial charge on any atom is -0.379 e. The van der Waals surface area contributed by atoms with E-state index in [0.29, 0.717) is 52.9 Å². The lowest BCUT2D eigenvalue weighted by Crippen LogP contribution is -2.47. The molecule has 1 aromatic heterocycles. The largest absolute Gasteiger partial charge is 0.379 e. The average molecular weight is 620 g/mol. The highest BCUT2D eigenvalue weighted by atomic mass is 32.4. The molecule has 4 saturated heterocycles. The van der Waals surface area contributed by atoms with Crippen LogP contribution in [0.25, 0.3) is 0 Å². The molecule has 0 N–H and O–H groups in total. The first-order valence-corrected chi connectivity index (χ1v) is 19.2. The molecular weight excluding hydrogens is 576 g/mol. The number of rotatable bonds is 8. The van der Waals surface area contributed by atoms with Crippen LogP contribution in [0.5, 0.6) is 0 Å². The quantitative estimate of drug-likeness (QED) is 0.227. The van der Waals surface area contributed by atoms with Crippen molar-refractivity contribution in [2.75, 3.05) is 119 Å². The summed E-state index contributed by atoms with van der Waals surface area (Å²) in [4.78, 5) is 0. The molecule has 0 atom stereocenters. The van der Waals surface area contributed by atoms with E-state index >= 15 is 0 Å². The molecule has 0 spiro atoms. The van der Waals surface area contributed by atoms with Gasteiger partial charge in [0.25, 0.3) is 0 Å². The van der Waals surface area contributed by atoms with E-state index in [0.717, 1.165) is 58.1 Å². The topological polar surface area (TPSA) is 70.4 Å². The summed E-state index contributed by atoms with van der Waals surface area (Å²) in [5.74, 6) is 0. The Morgan fingerprint density at radius 1 is 0.692 bits per heavy atom. The second-order valence-corrected chi connectivity index (χ2v) is 18.7. The second-order valence-electron chi connectivity index (χ2n) is 10.3. The lowest BCUT2D eigenvalue weighted by Gasteiger charge is -2.46. The van der Waals surface area contributed by atoms with E-state index in [-0.39, 0.29) is 0 Å². The Labute approximate surface area is 243 Å². The summed E-state index contributed by atoms with van der Waals surface area (Å²) in [5, 5.41) is 7.74. The van der Waals surface area contributed by atoms with Crippen molar-refractivity contribution in [3.63, 3.8) is 0 Å². The van der Waals surface area contributed by atoms with Crippen molar-refractivity contribution in [1.29, 1.82) is 0 Å². The first-order chi connectivity index (χ1) is 18.9. The molecule has 0 unspecified atom stereocenters. The summed E-state index contributed by atoms with van der Waals surface area (Å²) in [6.07, 6.45) is -2.75. The monoisotopic (exact) mass is 619 g/mol. The predicted molar refractivity (Wildman–Crippen MR) is 164 cm³/mol. The summed E-state index contributed by atoms with van der Waals surface area (Å²) in [5.41, 5.74) is 2.23. The van der Waals surface area contributed by atoms with E-state index < -0.39 is 12.7 Å². The maximum absolute atomic E-state index is 6.86. The number of aromatic nitrogens is 1. The molecular formula is C24H43N7O4P2S2. The van der Waals surface area contributed by atoms with Gasteiger partial charge in [-0.25, -0.2) is 0 Å². The second kappa shape index (κ2) is 13.4. The fourth-order valence-electron chi connectivity index (χ4n) is 5.68. The minimum atomic E-state index is -2.38. The predicted octanol–water partition coefficient (Wildman–Crippen LogP) is 0.119. The highest BCUT2D eigenvalue weighted by Crippen LogP contribution is 2.57. The molecule has 15 heteroatoms. The van der Waals surface area contributed by atoms with E-state index in [1.165, 1.54) is 10.7 Å². The Bertz CT molecular complexity index is 1050. The van der Waals surface area contributed by atoms with Crippen molar-refractivity contribution < 1.29 is 18.9 Å². The molecule has 0 radical (unpaired) electrons. The van der Waals surface area contributed by atoms with Crippen LogP contribution in [0.4, 0.5) is 0 Å². The van der Waals surface area contributed by atoms with E-state index in [4.69, 9.17) is 47.7 Å². The van der Waals surface area contributed by atoms with Crippen molar-refractivity contribution in [2.24, 2.45) is 12.1 Å². The van der Waals surface area contributed by atoms with E-state index in [1.54, 1.807) is 0 Å². The summed E-state index contributed by atoms with van der Waals surface area (Å²) in [6, 6.07) is 2.37. The standard InChI is InChI=1S/C24H43N7O4P2S2/c1-26(2)25-21-22-23(36(38,28-4-12-32-13-5-28)29-6-14-33-15-7-29)20-24(27(22)3)37(39,30-8-16-34-17-9-30)31-10-18-35-19-11-31/h20-21H,4-19H2,1-3H3. The Balaban J connectivity index is 1.69. The zero-order valence-electron chi connectivity index (χ0n) is 23.4. The van der Waals surface area contributed by atoms with Crippen LogP contribution in [0.1, 0.15) is 5.69 Å². The first kappa shape index (κ1) is 30.2. The minimum absolute atomic E-state index is 0.697. The molecule has 0 amide bonds. The maximum Gasteiger partial charge on any atom is 0.123 e. The average Bonchev–Trinajstić information content (AvgIpc) is 3.33. The Hall–Kier alpha value is -0.270. The molecule has 1 aromatic rings. The lowest BCUT2D eigenvalue weighted by molar-refractivity contribution is 0.0588. The van der Waals surface area contributed by atoms with Gasteiger partial charge in [0.15, 0.2) is 0 Å². The van der Waals surface area contributed by atoms with Gasteiger partial charge in [0, 0.05) is 78.8 Å². The molecule has 0 bridgehead atoms. The highest BCUT2D eigenvalue weighted by Gasteiger charge is 2.43. The van der Waals surface area contributed by atoms with Crippen LogP contribution in [0.3, 0.4) is 0 Å². The molecule has 220 valence electrons. The van der Waals surface area contributed by atoms with Gasteiger partial charge in [0.1, 0.15) is 12.7 Å². The zero-order valence-corrected chi connectivity index (χ0v) is 26.9. The van der Waals surface area contributed by atoms with Gasteiger partial charge in [-0.3, -0.25) is 18.7 Å². The molecule has 5 rings (SSSR count). The van der Waals surface area contributed by atoms with Gasteiger partial charge in [-0.15, -0.1) is 0 Å². The normalized spacial score (nSPS) is 24.0. The van der Waals surface area contributed by atoms with Crippen molar-refractivity contribution in [1.82, 2.24) is 28.3 Å². The fourth-order valence-corrected chi connectivity index (χ4v) is 15.0. The van der Waals surface area contributed by atoms with Gasteiger partial charge in [0.05, 0.1) is 70.2 Å². The van der Waals surface area contributed by atoms with Gasteiger partial charge in [-0.1, -0.05) is 23.6 Å². The van der Waals surface area contributed by atoms with Crippen molar-refractivity contribution >= 4 is 53.2 Å². The van der Waals surface area contributed by atoms with Gasteiger partial charge >= 0.3 is 0 Å². The Morgan fingerprint density at radius 3 is 1.41 bits per heavy atom. The van der Waals surface area contributed by atoms with Crippen LogP contribution in [0, 0.1) is 0 Å². The lowest BCUT2D eigenvalue weighted by atomic mass is 10.4. The summed E-state index contributed by atoms with van der Waals surface area (Å²) >= 11 is 13.7. The van der Waals surface area contributed by atoms with E-state index in [1.807, 2.05) is 25.3 Å². The maximum atomic E-state index is 6.86. The van der Waals surface area contributed by atoms with Crippen LogP contribution >= 0.6 is 12.7 Å². The zero-order chi connectivity index (χ0) is 27.5. The molecule has 39 heavy (non-hydrogen) atoms. The van der Waals surface area contributed by atoms with Gasteiger partial charge in [-0.05, 0) is 6.07 Å². The first-order valence-electron chi connectivity index (χ1n) is 13.8. The number of hydrazone groups is 1. The molecule has 4 aliphatic rings. The van der Waals surface area contributed by atoms with Gasteiger partial charge in [0.2, 0.25) is 0 Å². The molecule has 11 nitrogen and oxygen atoms in total. The summed E-state index contributed by atoms with van der Waals surface area (Å²) < 4.78 is 35.4. The molecule has 0 aromatic carbocycles. The van der Waals surface area contributed by atoms with E-state index in [9.17, 15) is 0 Å². The highest BCUT2D eigenvalue weighted by molar-refractivity contribution is 8.16. The smallest absolute Gasteiger partial charge is 0.123 e. The van der Waals surface area contributed by atoms with E-state index in [2.05, 4.69) is 36.4 Å². The molecule has 5 heterocycles. The molecule has 0 aliphatic carbocycles. The van der Waals surface area contributed by atoms with Crippen LogP contribution in [0.2, 0.25) is 0 Å². The fraction of sp³-hybridized carbons (Fsp3) is 0.792.